The van der Waals surface area contributed by atoms with Gasteiger partial charge < -0.3 is 10.6 Å². The van der Waals surface area contributed by atoms with Crippen molar-refractivity contribution >= 4 is 11.8 Å². The van der Waals surface area contributed by atoms with E-state index in [-0.39, 0.29) is 11.8 Å². The molecule has 0 aliphatic carbocycles. The van der Waals surface area contributed by atoms with Crippen LogP contribution in [-0.4, -0.2) is 48.9 Å². The summed E-state index contributed by atoms with van der Waals surface area (Å²) in [7, 11) is 0. The number of piperidine rings is 1. The molecule has 0 saturated carbocycles. The zero-order valence-corrected chi connectivity index (χ0v) is 10.8. The number of hydrogen-bond donors (Lipinski definition) is 2. The Labute approximate surface area is 103 Å². The Morgan fingerprint density at radius 2 is 1.94 bits per heavy atom. The summed E-state index contributed by atoms with van der Waals surface area (Å²) in [6, 6.07) is 0.504. The molecule has 0 aromatic rings. The van der Waals surface area contributed by atoms with Crippen LogP contribution in [0.2, 0.25) is 0 Å². The lowest BCUT2D eigenvalue weighted by Crippen LogP contribution is -2.45. The third kappa shape index (κ3) is 5.68. The van der Waals surface area contributed by atoms with Gasteiger partial charge in [0.2, 0.25) is 11.8 Å². The summed E-state index contributed by atoms with van der Waals surface area (Å²) < 4.78 is 0. The van der Waals surface area contributed by atoms with Gasteiger partial charge in [0.25, 0.3) is 0 Å². The highest BCUT2D eigenvalue weighted by Crippen LogP contribution is 2.15. The molecule has 2 amide bonds. The molecule has 1 saturated heterocycles. The second kappa shape index (κ2) is 7.27. The average molecular weight is 241 g/mol. The first kappa shape index (κ1) is 14.0. The van der Waals surface area contributed by atoms with Crippen molar-refractivity contribution < 1.29 is 9.59 Å². The number of amides is 2. The first-order valence-electron chi connectivity index (χ1n) is 6.35. The van der Waals surface area contributed by atoms with Gasteiger partial charge in [-0.25, -0.2) is 0 Å². The van der Waals surface area contributed by atoms with E-state index in [1.807, 2.05) is 0 Å². The standard InChI is InChI=1S/C12H23N3O2/c1-10-5-3-4-8-15(10)9-12(17)14-7-6-13-11(2)16/h10H,3-9H2,1-2H3,(H,13,16)(H,14,17). The summed E-state index contributed by atoms with van der Waals surface area (Å²) in [5, 5.41) is 5.46. The van der Waals surface area contributed by atoms with E-state index in [1.165, 1.54) is 26.2 Å². The monoisotopic (exact) mass is 241 g/mol. The lowest BCUT2D eigenvalue weighted by atomic mass is 10.0. The highest BCUT2D eigenvalue weighted by Gasteiger charge is 2.19. The number of carbonyl (C=O) groups is 2. The van der Waals surface area contributed by atoms with Crippen molar-refractivity contribution in [3.8, 4) is 0 Å². The second-order valence-electron chi connectivity index (χ2n) is 4.65. The fourth-order valence-electron chi connectivity index (χ4n) is 2.07. The molecule has 1 atom stereocenters. The number of rotatable bonds is 5. The number of hydrogen-bond acceptors (Lipinski definition) is 3. The van der Waals surface area contributed by atoms with Gasteiger partial charge in [-0.15, -0.1) is 0 Å². The van der Waals surface area contributed by atoms with Gasteiger partial charge in [-0.3, -0.25) is 14.5 Å². The van der Waals surface area contributed by atoms with Gasteiger partial charge in [0.15, 0.2) is 0 Å². The topological polar surface area (TPSA) is 61.4 Å². The maximum atomic E-state index is 11.6. The van der Waals surface area contributed by atoms with E-state index in [9.17, 15) is 9.59 Å². The average Bonchev–Trinajstić information content (AvgIpc) is 2.27. The molecule has 1 unspecified atom stereocenters. The largest absolute Gasteiger partial charge is 0.355 e. The van der Waals surface area contributed by atoms with Crippen LogP contribution in [0, 0.1) is 0 Å². The van der Waals surface area contributed by atoms with Crippen LogP contribution in [0.5, 0.6) is 0 Å². The van der Waals surface area contributed by atoms with Crippen molar-refractivity contribution in [3.63, 3.8) is 0 Å². The van der Waals surface area contributed by atoms with Crippen LogP contribution in [0.1, 0.15) is 33.1 Å². The van der Waals surface area contributed by atoms with Crippen LogP contribution in [0.25, 0.3) is 0 Å². The Bertz CT molecular complexity index is 268. The summed E-state index contributed by atoms with van der Waals surface area (Å²) in [6.45, 7) is 6.12. The maximum Gasteiger partial charge on any atom is 0.234 e. The van der Waals surface area contributed by atoms with Gasteiger partial charge in [-0.2, -0.15) is 0 Å². The van der Waals surface area contributed by atoms with Gasteiger partial charge in [-0.05, 0) is 26.3 Å². The molecule has 5 heteroatoms. The number of carbonyl (C=O) groups excluding carboxylic acids is 2. The summed E-state index contributed by atoms with van der Waals surface area (Å²) >= 11 is 0. The summed E-state index contributed by atoms with van der Waals surface area (Å²) in [6.07, 6.45) is 3.63. The molecular formula is C12H23N3O2. The molecule has 0 aromatic heterocycles. The minimum absolute atomic E-state index is 0.0455. The third-order valence-electron chi connectivity index (χ3n) is 3.11. The van der Waals surface area contributed by atoms with Crippen molar-refractivity contribution in [2.24, 2.45) is 0 Å². The summed E-state index contributed by atoms with van der Waals surface area (Å²) in [4.78, 5) is 24.5. The lowest BCUT2D eigenvalue weighted by molar-refractivity contribution is -0.123. The van der Waals surface area contributed by atoms with Crippen LogP contribution in [0.4, 0.5) is 0 Å². The lowest BCUT2D eigenvalue weighted by Gasteiger charge is -2.32. The van der Waals surface area contributed by atoms with E-state index in [0.29, 0.717) is 25.7 Å². The van der Waals surface area contributed by atoms with Crippen molar-refractivity contribution in [1.29, 1.82) is 0 Å². The predicted octanol–water partition coefficient (Wildman–Crippen LogP) is 0.113. The molecule has 5 nitrogen and oxygen atoms in total. The first-order valence-corrected chi connectivity index (χ1v) is 6.35. The van der Waals surface area contributed by atoms with Crippen molar-refractivity contribution in [2.75, 3.05) is 26.2 Å². The minimum atomic E-state index is -0.0658. The van der Waals surface area contributed by atoms with E-state index in [0.717, 1.165) is 6.54 Å². The predicted molar refractivity (Wildman–Crippen MR) is 66.6 cm³/mol. The normalized spacial score (nSPS) is 20.9. The minimum Gasteiger partial charge on any atom is -0.355 e. The molecule has 0 aromatic carbocycles. The van der Waals surface area contributed by atoms with Crippen molar-refractivity contribution in [1.82, 2.24) is 15.5 Å². The Balaban J connectivity index is 2.13. The quantitative estimate of drug-likeness (QED) is 0.672. The van der Waals surface area contributed by atoms with Crippen LogP contribution >= 0.6 is 0 Å². The number of nitrogens with zero attached hydrogens (tertiary/aromatic N) is 1. The zero-order chi connectivity index (χ0) is 12.7. The molecule has 17 heavy (non-hydrogen) atoms. The van der Waals surface area contributed by atoms with Crippen molar-refractivity contribution in [3.05, 3.63) is 0 Å². The number of nitrogens with one attached hydrogen (secondary N) is 2. The van der Waals surface area contributed by atoms with Crippen LogP contribution in [-0.2, 0) is 9.59 Å². The van der Waals surface area contributed by atoms with Crippen molar-refractivity contribution in [2.45, 2.75) is 39.2 Å². The Kier molecular flexibility index (Phi) is 5.97. The second-order valence-corrected chi connectivity index (χ2v) is 4.65. The van der Waals surface area contributed by atoms with E-state index in [4.69, 9.17) is 0 Å². The molecule has 1 rings (SSSR count). The Hall–Kier alpha value is -1.10. The fourth-order valence-corrected chi connectivity index (χ4v) is 2.07. The summed E-state index contributed by atoms with van der Waals surface area (Å²) in [5.41, 5.74) is 0. The first-order chi connectivity index (χ1) is 8.09. The molecule has 1 aliphatic heterocycles. The van der Waals surface area contributed by atoms with Gasteiger partial charge >= 0.3 is 0 Å². The zero-order valence-electron chi connectivity index (χ0n) is 10.8. The molecule has 0 bridgehead atoms. The molecule has 1 heterocycles. The van der Waals surface area contributed by atoms with E-state index in [2.05, 4.69) is 22.5 Å². The SMILES string of the molecule is CC(=O)NCCNC(=O)CN1CCCCC1C. The van der Waals surface area contributed by atoms with E-state index < -0.39 is 0 Å². The Morgan fingerprint density at radius 3 is 2.59 bits per heavy atom. The van der Waals surface area contributed by atoms with Crippen LogP contribution < -0.4 is 10.6 Å². The van der Waals surface area contributed by atoms with Crippen LogP contribution in [0.3, 0.4) is 0 Å². The smallest absolute Gasteiger partial charge is 0.234 e. The molecule has 1 aliphatic rings. The molecule has 1 fully saturated rings. The van der Waals surface area contributed by atoms with Crippen LogP contribution in [0.15, 0.2) is 0 Å². The Morgan fingerprint density at radius 1 is 1.24 bits per heavy atom. The van der Waals surface area contributed by atoms with Gasteiger partial charge in [0.05, 0.1) is 6.54 Å². The maximum absolute atomic E-state index is 11.6. The molecular weight excluding hydrogens is 218 g/mol. The molecule has 98 valence electrons. The number of likely N-dealkylation sites (tertiary alicyclic amines) is 1. The highest BCUT2D eigenvalue weighted by molar-refractivity contribution is 5.78. The summed E-state index contributed by atoms with van der Waals surface area (Å²) in [5.74, 6) is -0.0204. The van der Waals surface area contributed by atoms with E-state index in [1.54, 1.807) is 0 Å². The third-order valence-corrected chi connectivity index (χ3v) is 3.11. The molecule has 0 radical (unpaired) electrons. The van der Waals surface area contributed by atoms with Gasteiger partial charge in [0, 0.05) is 26.1 Å². The highest BCUT2D eigenvalue weighted by atomic mass is 16.2. The van der Waals surface area contributed by atoms with Gasteiger partial charge in [-0.1, -0.05) is 6.42 Å². The molecule has 2 N–H and O–H groups in total. The fraction of sp³-hybridized carbons (Fsp3) is 0.833. The van der Waals surface area contributed by atoms with Gasteiger partial charge in [0.1, 0.15) is 0 Å². The van der Waals surface area contributed by atoms with E-state index >= 15 is 0 Å². The molecule has 0 spiro atoms.